The van der Waals surface area contributed by atoms with Gasteiger partial charge in [-0.2, -0.15) is 0 Å². The van der Waals surface area contributed by atoms with E-state index < -0.39 is 113 Å². The number of aromatic nitrogens is 2. The van der Waals surface area contributed by atoms with Gasteiger partial charge in [0, 0.05) is 31.3 Å². The van der Waals surface area contributed by atoms with Gasteiger partial charge in [0.15, 0.2) is 17.0 Å². The van der Waals surface area contributed by atoms with E-state index in [9.17, 15) is 58.7 Å². The molecule has 6 atom stereocenters. The Balaban J connectivity index is 1.95. The number of aliphatic carboxylic acids is 1. The number of benzene rings is 2. The van der Waals surface area contributed by atoms with Crippen LogP contribution < -0.4 is 43.8 Å². The van der Waals surface area contributed by atoms with Gasteiger partial charge in [-0.25, -0.2) is 24.7 Å². The number of nitrogens with zero attached hydrogens (tertiary/aromatic N) is 4. The molecule has 3 rings (SSSR count). The number of carbonyl (C=O) groups excluding carboxylic acids is 7. The second-order valence-electron chi connectivity index (χ2n) is 16.4. The highest BCUT2D eigenvalue weighted by Crippen LogP contribution is 2.17. The zero-order chi connectivity index (χ0) is 51.4. The van der Waals surface area contributed by atoms with Crippen molar-refractivity contribution < 1.29 is 58.3 Å². The van der Waals surface area contributed by atoms with Gasteiger partial charge in [0.1, 0.15) is 42.6 Å². The van der Waals surface area contributed by atoms with E-state index >= 15 is 0 Å². The number of primary amides is 1. The number of phenolic OH excluding ortho intramolecular Hbond substituents is 1. The molecule has 0 aliphatic heterocycles. The number of nitro groups is 1. The van der Waals surface area contributed by atoms with Crippen molar-refractivity contribution in [3.05, 3.63) is 94.1 Å². The molecule has 0 bridgehead atoms. The van der Waals surface area contributed by atoms with Gasteiger partial charge < -0.3 is 63.7 Å². The summed E-state index contributed by atoms with van der Waals surface area (Å²) in [5.41, 5.74) is 17.6. The number of carbonyl (C=O) groups is 8. The van der Waals surface area contributed by atoms with Crippen molar-refractivity contribution in [1.29, 1.82) is 0 Å². The van der Waals surface area contributed by atoms with E-state index in [4.69, 9.17) is 21.9 Å². The minimum absolute atomic E-state index is 0.110. The highest BCUT2D eigenvalue weighted by atomic mass is 16.7. The van der Waals surface area contributed by atoms with Crippen LogP contribution in [0, 0.1) is 22.0 Å². The Morgan fingerprint density at radius 3 is 1.90 bits per heavy atom. The standard InChI is InChI=1S/C43H59N13O13/c1-23(2)34(39(62)51-31(41(64)65)18-27-20-47-22-49-27)53-36(59)29(17-25-12-14-28(57)15-13-25)50-38(61)35(24(3)4)54-37(60)32(11-8-16-48-42(45)46)55(56(67)68)40(63)30(19-33(44)58)52-43(66)69-21-26-9-6-5-7-10-26/h5-7,9-10,12-15,20,22-24,29-32,34-35,57H,8,11,16-19,21H2,1-4H3,(H2,44,58)(H,47,49)(H,50,61)(H,51,62)(H,52,66)(H,53,59)(H,54,60)(H,64,65)(H4,45,46,48)/t29-,30-,31-,32-,34-,35-/m0/s1. The van der Waals surface area contributed by atoms with Crippen molar-refractivity contribution in [2.24, 2.45) is 34.0 Å². The lowest BCUT2D eigenvalue weighted by Crippen LogP contribution is -2.62. The molecular formula is C43H59N13O13. The van der Waals surface area contributed by atoms with Crippen LogP contribution >= 0.6 is 0 Å². The number of carboxylic acid groups (broad SMARTS) is 1. The zero-order valence-corrected chi connectivity index (χ0v) is 38.3. The Labute approximate surface area is 395 Å². The fourth-order valence-corrected chi connectivity index (χ4v) is 6.66. The smallest absolute Gasteiger partial charge is 0.408 e. The Hall–Kier alpha value is -8.32. The van der Waals surface area contributed by atoms with Crippen molar-refractivity contribution in [1.82, 2.24) is 41.6 Å². The average Bonchev–Trinajstić information content (AvgIpc) is 3.80. The summed E-state index contributed by atoms with van der Waals surface area (Å²) in [6.07, 6.45) is -0.588. The topological polar surface area (TPSA) is 412 Å². The molecule has 0 aliphatic carbocycles. The number of amides is 7. The van der Waals surface area contributed by atoms with E-state index in [0.29, 0.717) is 16.8 Å². The van der Waals surface area contributed by atoms with Gasteiger partial charge in [-0.3, -0.25) is 33.8 Å². The molecule has 2 aromatic carbocycles. The van der Waals surface area contributed by atoms with Crippen LogP contribution in [-0.4, -0.2) is 126 Å². The maximum atomic E-state index is 14.3. The maximum Gasteiger partial charge on any atom is 0.408 e. The van der Waals surface area contributed by atoms with Gasteiger partial charge in [0.25, 0.3) is 0 Å². The number of hydrogen-bond donors (Lipinski definition) is 11. The minimum Gasteiger partial charge on any atom is -0.508 e. The van der Waals surface area contributed by atoms with E-state index in [1.165, 1.54) is 50.6 Å². The highest BCUT2D eigenvalue weighted by molar-refractivity contribution is 5.97. The quantitative estimate of drug-likeness (QED) is 0.0141. The van der Waals surface area contributed by atoms with E-state index in [1.807, 2.05) is 0 Å². The molecular weight excluding hydrogens is 907 g/mol. The van der Waals surface area contributed by atoms with Gasteiger partial charge in [-0.05, 0) is 52.9 Å². The van der Waals surface area contributed by atoms with Crippen LogP contribution in [0.2, 0.25) is 0 Å². The number of phenols is 1. The summed E-state index contributed by atoms with van der Waals surface area (Å²) < 4.78 is 5.13. The lowest BCUT2D eigenvalue weighted by atomic mass is 9.98. The maximum absolute atomic E-state index is 14.3. The Morgan fingerprint density at radius 1 is 0.783 bits per heavy atom. The minimum atomic E-state index is -2.06. The molecule has 3 aromatic rings. The number of H-pyrrole nitrogens is 1. The third-order valence-corrected chi connectivity index (χ3v) is 10.2. The lowest BCUT2D eigenvalue weighted by molar-refractivity contribution is -0.640. The Morgan fingerprint density at radius 2 is 1.38 bits per heavy atom. The average molecular weight is 966 g/mol. The molecule has 0 saturated heterocycles. The van der Waals surface area contributed by atoms with Crippen molar-refractivity contribution in [2.75, 3.05) is 6.54 Å². The van der Waals surface area contributed by atoms with Crippen LogP contribution in [0.3, 0.4) is 0 Å². The molecule has 26 heteroatoms. The number of aromatic hydroxyl groups is 1. The molecule has 0 aliphatic rings. The Kier molecular flexibility index (Phi) is 21.3. The number of ether oxygens (including phenoxy) is 1. The van der Waals surface area contributed by atoms with Crippen LogP contribution in [0.4, 0.5) is 4.79 Å². The van der Waals surface area contributed by atoms with Crippen LogP contribution in [0.1, 0.15) is 63.8 Å². The number of aromatic amines is 1. The van der Waals surface area contributed by atoms with Gasteiger partial charge >= 0.3 is 18.0 Å². The molecule has 69 heavy (non-hydrogen) atoms. The lowest BCUT2D eigenvalue weighted by Gasteiger charge is -2.30. The number of aliphatic imine (C=N–C) groups is 1. The molecule has 374 valence electrons. The van der Waals surface area contributed by atoms with E-state index in [-0.39, 0.29) is 49.1 Å². The van der Waals surface area contributed by atoms with Crippen LogP contribution in [0.5, 0.6) is 5.75 Å². The van der Waals surface area contributed by atoms with Crippen molar-refractivity contribution in [3.63, 3.8) is 0 Å². The summed E-state index contributed by atoms with van der Waals surface area (Å²) in [6, 6.07) is 3.95. The number of carboxylic acids is 1. The van der Waals surface area contributed by atoms with Gasteiger partial charge in [0.05, 0.1) is 12.7 Å². The molecule has 0 unspecified atom stereocenters. The number of nitrogens with one attached hydrogen (secondary N) is 6. The molecule has 14 N–H and O–H groups in total. The number of hydrogen-bond acceptors (Lipinski definition) is 14. The third-order valence-electron chi connectivity index (χ3n) is 10.2. The van der Waals surface area contributed by atoms with Gasteiger partial charge in [-0.1, -0.05) is 70.2 Å². The summed E-state index contributed by atoms with van der Waals surface area (Å²) in [5.74, 6) is -10.0. The number of rotatable bonds is 27. The molecule has 0 radical (unpaired) electrons. The van der Waals surface area contributed by atoms with E-state index in [2.05, 4.69) is 41.5 Å². The fourth-order valence-electron chi connectivity index (χ4n) is 6.66. The summed E-state index contributed by atoms with van der Waals surface area (Å²) in [5, 5.41) is 43.2. The molecule has 26 nitrogen and oxygen atoms in total. The normalized spacial score (nSPS) is 13.5. The third kappa shape index (κ3) is 18.1. The first kappa shape index (κ1) is 55.0. The molecule has 0 spiro atoms. The van der Waals surface area contributed by atoms with Crippen LogP contribution in [-0.2, 0) is 57.7 Å². The van der Waals surface area contributed by atoms with Gasteiger partial charge in [-0.15, -0.1) is 0 Å². The molecule has 7 amide bonds. The predicted molar refractivity (Wildman–Crippen MR) is 244 cm³/mol. The second kappa shape index (κ2) is 26.7. The number of alkyl carbamates (subject to hydrolysis) is 1. The van der Waals surface area contributed by atoms with Crippen molar-refractivity contribution in [2.45, 2.75) is 103 Å². The molecule has 0 saturated carbocycles. The summed E-state index contributed by atoms with van der Waals surface area (Å²) in [4.78, 5) is 130. The first-order valence-corrected chi connectivity index (χ1v) is 21.6. The summed E-state index contributed by atoms with van der Waals surface area (Å²) in [7, 11) is 0. The van der Waals surface area contributed by atoms with Crippen LogP contribution in [0.15, 0.2) is 72.1 Å². The molecule has 1 aromatic heterocycles. The number of nitrogens with two attached hydrogens (primary N) is 3. The number of hydrazine groups is 1. The highest BCUT2D eigenvalue weighted by Gasteiger charge is 2.44. The number of imidazole rings is 1. The molecule has 0 fully saturated rings. The molecule has 1 heterocycles. The van der Waals surface area contributed by atoms with Gasteiger partial charge in [0.2, 0.25) is 29.5 Å². The fraction of sp³-hybridized carbons (Fsp3) is 0.442. The second-order valence-corrected chi connectivity index (χ2v) is 16.4. The Bertz CT molecular complexity index is 2270. The van der Waals surface area contributed by atoms with Crippen molar-refractivity contribution >= 4 is 53.5 Å². The number of guanidine groups is 1. The largest absolute Gasteiger partial charge is 0.508 e. The summed E-state index contributed by atoms with van der Waals surface area (Å²) in [6.45, 7) is 5.70. The first-order valence-electron chi connectivity index (χ1n) is 21.6. The zero-order valence-electron chi connectivity index (χ0n) is 38.3. The van der Waals surface area contributed by atoms with E-state index in [1.54, 1.807) is 44.2 Å². The SMILES string of the molecule is CC(C)[C@H](NC(=O)[C@H](Cc1ccc(O)cc1)NC(=O)[C@@H](NC(=O)[C@H](CCCN=C(N)N)N(C(=O)[C@H](CC(N)=O)NC(=O)OCc1ccccc1)[N+](=O)[O-])C(C)C)C(=O)N[C@@H](Cc1cnc[nH]1)C(=O)O. The summed E-state index contributed by atoms with van der Waals surface area (Å²) >= 11 is 0. The predicted octanol–water partition coefficient (Wildman–Crippen LogP) is -1.15. The van der Waals surface area contributed by atoms with E-state index in [0.717, 1.165) is 0 Å². The monoisotopic (exact) mass is 965 g/mol. The van der Waals surface area contributed by atoms with Crippen molar-refractivity contribution in [3.8, 4) is 5.75 Å². The van der Waals surface area contributed by atoms with Crippen LogP contribution in [0.25, 0.3) is 0 Å². The first-order chi connectivity index (χ1) is 32.6.